The van der Waals surface area contributed by atoms with Gasteiger partial charge in [0.25, 0.3) is 0 Å². The van der Waals surface area contributed by atoms with Crippen molar-refractivity contribution in [1.29, 1.82) is 0 Å². The molecule has 0 amide bonds. The van der Waals surface area contributed by atoms with Gasteiger partial charge in [-0.2, -0.15) is 0 Å². The van der Waals surface area contributed by atoms with Gasteiger partial charge in [-0.05, 0) is 31.9 Å². The minimum Gasteiger partial charge on any atom is -0.382 e. The maximum absolute atomic E-state index is 5.97. The average molecular weight is 284 g/mol. The molecule has 1 heterocycles. The number of nitrogens with zero attached hydrogens (tertiary/aromatic N) is 1. The van der Waals surface area contributed by atoms with E-state index in [0.29, 0.717) is 6.10 Å². The summed E-state index contributed by atoms with van der Waals surface area (Å²) in [5.41, 5.74) is 3.25. The fourth-order valence-corrected chi connectivity index (χ4v) is 3.10. The molecule has 1 aliphatic carbocycles. The SMILES string of the molecule is Cc1cc(NCCOC2CCCCC2)c2ccccc2n1. The van der Waals surface area contributed by atoms with Gasteiger partial charge in [0, 0.05) is 23.3 Å². The Hall–Kier alpha value is -1.61. The zero-order chi connectivity index (χ0) is 14.5. The Morgan fingerprint density at radius 3 is 2.86 bits per heavy atom. The first kappa shape index (κ1) is 14.3. The minimum absolute atomic E-state index is 0.483. The molecule has 1 saturated carbocycles. The lowest BCUT2D eigenvalue weighted by atomic mass is 9.98. The Kier molecular flexibility index (Phi) is 4.71. The van der Waals surface area contributed by atoms with Gasteiger partial charge in [-0.1, -0.05) is 37.5 Å². The lowest BCUT2D eigenvalue weighted by Crippen LogP contribution is -2.20. The van der Waals surface area contributed by atoms with Crippen molar-refractivity contribution in [2.24, 2.45) is 0 Å². The smallest absolute Gasteiger partial charge is 0.0725 e. The highest BCUT2D eigenvalue weighted by Gasteiger charge is 2.13. The predicted octanol–water partition coefficient (Wildman–Crippen LogP) is 4.30. The lowest BCUT2D eigenvalue weighted by Gasteiger charge is -2.22. The molecule has 0 aliphatic heterocycles. The maximum atomic E-state index is 5.97. The number of hydrogen-bond donors (Lipinski definition) is 1. The molecule has 0 bridgehead atoms. The number of para-hydroxylation sites is 1. The van der Waals surface area contributed by atoms with Crippen LogP contribution in [0.2, 0.25) is 0 Å². The summed E-state index contributed by atoms with van der Waals surface area (Å²) < 4.78 is 5.97. The van der Waals surface area contributed by atoms with Gasteiger partial charge in [0.05, 0.1) is 18.2 Å². The molecule has 0 radical (unpaired) electrons. The summed E-state index contributed by atoms with van der Waals surface area (Å²) in [6.45, 7) is 3.67. The van der Waals surface area contributed by atoms with E-state index in [4.69, 9.17) is 4.74 Å². The molecule has 1 aromatic heterocycles. The van der Waals surface area contributed by atoms with E-state index in [9.17, 15) is 0 Å². The van der Waals surface area contributed by atoms with Crippen LogP contribution < -0.4 is 5.32 Å². The average Bonchev–Trinajstić information content (AvgIpc) is 2.52. The second-order valence-electron chi connectivity index (χ2n) is 5.89. The monoisotopic (exact) mass is 284 g/mol. The number of nitrogens with one attached hydrogen (secondary N) is 1. The molecular weight excluding hydrogens is 260 g/mol. The Bertz CT molecular complexity index is 591. The van der Waals surface area contributed by atoms with Crippen LogP contribution in [0, 0.1) is 6.92 Å². The molecule has 1 fully saturated rings. The summed E-state index contributed by atoms with van der Waals surface area (Å²) >= 11 is 0. The van der Waals surface area contributed by atoms with Gasteiger partial charge in [-0.15, -0.1) is 0 Å². The molecule has 3 rings (SSSR count). The van der Waals surface area contributed by atoms with Crippen LogP contribution in [0.25, 0.3) is 10.9 Å². The van der Waals surface area contributed by atoms with Crippen LogP contribution in [0.3, 0.4) is 0 Å². The van der Waals surface area contributed by atoms with Crippen molar-refractivity contribution in [2.45, 2.75) is 45.1 Å². The van der Waals surface area contributed by atoms with Crippen molar-refractivity contribution in [3.8, 4) is 0 Å². The van der Waals surface area contributed by atoms with Crippen molar-refractivity contribution in [3.63, 3.8) is 0 Å². The normalized spacial score (nSPS) is 16.2. The van der Waals surface area contributed by atoms with Gasteiger partial charge in [0.1, 0.15) is 0 Å². The number of aryl methyl sites for hydroxylation is 1. The van der Waals surface area contributed by atoms with Crippen molar-refractivity contribution in [3.05, 3.63) is 36.0 Å². The predicted molar refractivity (Wildman–Crippen MR) is 87.8 cm³/mol. The van der Waals surface area contributed by atoms with Gasteiger partial charge in [0.15, 0.2) is 0 Å². The third kappa shape index (κ3) is 3.73. The Morgan fingerprint density at radius 2 is 2.00 bits per heavy atom. The van der Waals surface area contributed by atoms with E-state index in [2.05, 4.69) is 34.6 Å². The van der Waals surface area contributed by atoms with Crippen LogP contribution in [0.4, 0.5) is 5.69 Å². The fourth-order valence-electron chi connectivity index (χ4n) is 3.10. The second kappa shape index (κ2) is 6.90. The molecule has 1 N–H and O–H groups in total. The fraction of sp³-hybridized carbons (Fsp3) is 0.500. The zero-order valence-electron chi connectivity index (χ0n) is 12.8. The van der Waals surface area contributed by atoms with Crippen LogP contribution in [0.1, 0.15) is 37.8 Å². The molecule has 0 saturated heterocycles. The van der Waals surface area contributed by atoms with Crippen LogP contribution in [-0.4, -0.2) is 24.2 Å². The highest BCUT2D eigenvalue weighted by atomic mass is 16.5. The molecule has 1 aromatic carbocycles. The van der Waals surface area contributed by atoms with E-state index in [1.54, 1.807) is 0 Å². The maximum Gasteiger partial charge on any atom is 0.0725 e. The summed E-state index contributed by atoms with van der Waals surface area (Å²) in [4.78, 5) is 4.57. The van der Waals surface area contributed by atoms with Crippen LogP contribution in [-0.2, 0) is 4.74 Å². The topological polar surface area (TPSA) is 34.1 Å². The van der Waals surface area contributed by atoms with Gasteiger partial charge >= 0.3 is 0 Å². The Morgan fingerprint density at radius 1 is 1.19 bits per heavy atom. The van der Waals surface area contributed by atoms with Crippen molar-refractivity contribution >= 4 is 16.6 Å². The second-order valence-corrected chi connectivity index (χ2v) is 5.89. The van der Waals surface area contributed by atoms with Crippen molar-refractivity contribution < 1.29 is 4.74 Å². The van der Waals surface area contributed by atoms with Crippen LogP contribution in [0.15, 0.2) is 30.3 Å². The Labute approximate surface area is 126 Å². The molecular formula is C18H24N2O. The molecule has 21 heavy (non-hydrogen) atoms. The van der Waals surface area contributed by atoms with Gasteiger partial charge in [-0.25, -0.2) is 0 Å². The summed E-state index contributed by atoms with van der Waals surface area (Å²) in [5.74, 6) is 0. The number of fused-ring (bicyclic) bond motifs is 1. The summed E-state index contributed by atoms with van der Waals surface area (Å²) in [7, 11) is 0. The summed E-state index contributed by atoms with van der Waals surface area (Å²) in [6, 6.07) is 10.4. The lowest BCUT2D eigenvalue weighted by molar-refractivity contribution is 0.0347. The largest absolute Gasteiger partial charge is 0.382 e. The van der Waals surface area contributed by atoms with Gasteiger partial charge in [-0.3, -0.25) is 4.98 Å². The van der Waals surface area contributed by atoms with Gasteiger partial charge in [0.2, 0.25) is 0 Å². The Balaban J connectivity index is 1.57. The zero-order valence-corrected chi connectivity index (χ0v) is 12.8. The first-order valence-electron chi connectivity index (χ1n) is 8.05. The van der Waals surface area contributed by atoms with E-state index in [0.717, 1.165) is 30.0 Å². The third-order valence-electron chi connectivity index (χ3n) is 4.17. The van der Waals surface area contributed by atoms with E-state index < -0.39 is 0 Å². The number of ether oxygens (including phenoxy) is 1. The molecule has 3 nitrogen and oxygen atoms in total. The molecule has 2 aromatic rings. The van der Waals surface area contributed by atoms with E-state index in [1.807, 2.05) is 13.0 Å². The quantitative estimate of drug-likeness (QED) is 0.831. The van der Waals surface area contributed by atoms with Crippen molar-refractivity contribution in [1.82, 2.24) is 4.98 Å². The van der Waals surface area contributed by atoms with Crippen LogP contribution >= 0.6 is 0 Å². The van der Waals surface area contributed by atoms with Crippen molar-refractivity contribution in [2.75, 3.05) is 18.5 Å². The first-order chi connectivity index (χ1) is 10.3. The third-order valence-corrected chi connectivity index (χ3v) is 4.17. The number of anilines is 1. The highest BCUT2D eigenvalue weighted by molar-refractivity contribution is 5.91. The number of benzene rings is 1. The van der Waals surface area contributed by atoms with E-state index >= 15 is 0 Å². The number of aromatic nitrogens is 1. The summed E-state index contributed by atoms with van der Waals surface area (Å²) in [6.07, 6.45) is 6.98. The number of rotatable bonds is 5. The van der Waals surface area contributed by atoms with Gasteiger partial charge < -0.3 is 10.1 Å². The highest BCUT2D eigenvalue weighted by Crippen LogP contribution is 2.23. The number of hydrogen-bond acceptors (Lipinski definition) is 3. The van der Waals surface area contributed by atoms with Crippen LogP contribution in [0.5, 0.6) is 0 Å². The van der Waals surface area contributed by atoms with E-state index in [-0.39, 0.29) is 0 Å². The minimum atomic E-state index is 0.483. The van der Waals surface area contributed by atoms with E-state index in [1.165, 1.54) is 37.5 Å². The standard InChI is InChI=1S/C18H24N2O/c1-14-13-18(16-9-5-6-10-17(16)20-14)19-11-12-21-15-7-3-2-4-8-15/h5-6,9-10,13,15H,2-4,7-8,11-12H2,1H3,(H,19,20). The summed E-state index contributed by atoms with van der Waals surface area (Å²) in [5, 5.41) is 4.68. The molecule has 0 atom stereocenters. The molecule has 1 aliphatic rings. The first-order valence-corrected chi connectivity index (χ1v) is 8.05. The molecule has 0 spiro atoms. The molecule has 112 valence electrons. The molecule has 3 heteroatoms. The number of pyridine rings is 1. The molecule has 0 unspecified atom stereocenters.